The number of benzene rings is 1. The van der Waals surface area contributed by atoms with Gasteiger partial charge in [-0.3, -0.25) is 9.55 Å². The van der Waals surface area contributed by atoms with E-state index in [0.29, 0.717) is 17.6 Å². The largest absolute Gasteiger partial charge is 0.326 e. The van der Waals surface area contributed by atoms with Gasteiger partial charge in [-0.1, -0.05) is 24.4 Å². The third kappa shape index (κ3) is 3.29. The Kier molecular flexibility index (Phi) is 4.22. The van der Waals surface area contributed by atoms with E-state index in [4.69, 9.17) is 17.4 Å². The lowest BCUT2D eigenvalue weighted by Crippen LogP contribution is -2.27. The molecule has 1 aromatic carbocycles. The number of nitrogens with zero attached hydrogens (tertiary/aromatic N) is 1. The zero-order chi connectivity index (χ0) is 16.6. The van der Waals surface area contributed by atoms with Crippen molar-refractivity contribution in [3.8, 4) is 0 Å². The fourth-order valence-corrected chi connectivity index (χ4v) is 3.78. The maximum absolute atomic E-state index is 12.2. The van der Waals surface area contributed by atoms with Crippen molar-refractivity contribution in [1.29, 1.82) is 0 Å². The van der Waals surface area contributed by atoms with Crippen molar-refractivity contribution in [2.75, 3.05) is 0 Å². The fourth-order valence-electron chi connectivity index (χ4n) is 2.96. The van der Waals surface area contributed by atoms with Crippen LogP contribution in [0.3, 0.4) is 0 Å². The van der Waals surface area contributed by atoms with E-state index >= 15 is 0 Å². The lowest BCUT2D eigenvalue weighted by Gasteiger charge is -2.12. The van der Waals surface area contributed by atoms with Gasteiger partial charge in [-0.25, -0.2) is 18.4 Å². The van der Waals surface area contributed by atoms with Gasteiger partial charge in [-0.05, 0) is 43.4 Å². The summed E-state index contributed by atoms with van der Waals surface area (Å²) in [5.74, 6) is 0. The van der Waals surface area contributed by atoms with Crippen LogP contribution >= 0.6 is 12.2 Å². The SMILES string of the molecule is NS(=O)(=O)c1ccc(CCn2c3c(c(=S)[nH]c2=O)CCC3)cc1. The second-order valence-corrected chi connectivity index (χ2v) is 7.60. The molecule has 6 nitrogen and oxygen atoms in total. The first-order chi connectivity index (χ1) is 10.9. The van der Waals surface area contributed by atoms with Crippen LogP contribution in [0.5, 0.6) is 0 Å². The molecule has 3 rings (SSSR count). The molecule has 1 aliphatic carbocycles. The van der Waals surface area contributed by atoms with Crippen molar-refractivity contribution >= 4 is 22.2 Å². The van der Waals surface area contributed by atoms with E-state index in [-0.39, 0.29) is 10.6 Å². The summed E-state index contributed by atoms with van der Waals surface area (Å²) in [5.41, 5.74) is 2.86. The van der Waals surface area contributed by atoms with Gasteiger partial charge in [-0.2, -0.15) is 0 Å². The number of nitrogens with two attached hydrogens (primary N) is 1. The zero-order valence-electron chi connectivity index (χ0n) is 12.4. The molecule has 1 aromatic heterocycles. The topological polar surface area (TPSA) is 97.9 Å². The number of H-pyrrole nitrogens is 1. The second-order valence-electron chi connectivity index (χ2n) is 5.63. The van der Waals surface area contributed by atoms with E-state index < -0.39 is 10.0 Å². The first-order valence-corrected chi connectivity index (χ1v) is 9.28. The molecular weight excluding hydrogens is 334 g/mol. The third-order valence-electron chi connectivity index (χ3n) is 4.13. The lowest BCUT2D eigenvalue weighted by molar-refractivity contribution is 0.597. The highest BCUT2D eigenvalue weighted by atomic mass is 32.2. The molecule has 0 unspecified atom stereocenters. The molecule has 2 aromatic rings. The van der Waals surface area contributed by atoms with Crippen molar-refractivity contribution in [3.63, 3.8) is 0 Å². The summed E-state index contributed by atoms with van der Waals surface area (Å²) < 4.78 is 24.8. The lowest BCUT2D eigenvalue weighted by atomic mass is 10.1. The van der Waals surface area contributed by atoms with Crippen LogP contribution in [0.2, 0.25) is 0 Å². The van der Waals surface area contributed by atoms with Gasteiger partial charge < -0.3 is 0 Å². The molecule has 1 aliphatic rings. The first kappa shape index (κ1) is 16.1. The Bertz CT molecular complexity index is 957. The van der Waals surface area contributed by atoms with Crippen LogP contribution in [0.4, 0.5) is 0 Å². The monoisotopic (exact) mass is 351 g/mol. The van der Waals surface area contributed by atoms with Gasteiger partial charge in [0.15, 0.2) is 0 Å². The van der Waals surface area contributed by atoms with E-state index in [2.05, 4.69) is 4.98 Å². The van der Waals surface area contributed by atoms with Crippen molar-refractivity contribution in [2.45, 2.75) is 37.1 Å². The predicted octanol–water partition coefficient (Wildman–Crippen LogP) is 1.28. The first-order valence-electron chi connectivity index (χ1n) is 7.33. The van der Waals surface area contributed by atoms with Gasteiger partial charge in [0.25, 0.3) is 0 Å². The number of hydrogen-bond acceptors (Lipinski definition) is 4. The third-order valence-corrected chi connectivity index (χ3v) is 5.41. The Balaban J connectivity index is 1.84. The van der Waals surface area contributed by atoms with Crippen LogP contribution < -0.4 is 10.8 Å². The van der Waals surface area contributed by atoms with Crippen molar-refractivity contribution in [3.05, 3.63) is 56.2 Å². The zero-order valence-corrected chi connectivity index (χ0v) is 14.0. The Hall–Kier alpha value is -1.77. The molecule has 0 saturated carbocycles. The highest BCUT2D eigenvalue weighted by molar-refractivity contribution is 7.89. The molecule has 0 amide bonds. The molecule has 23 heavy (non-hydrogen) atoms. The molecule has 3 N–H and O–H groups in total. The summed E-state index contributed by atoms with van der Waals surface area (Å²) in [5, 5.41) is 5.08. The molecule has 8 heteroatoms. The molecule has 122 valence electrons. The Morgan fingerprint density at radius 1 is 1.22 bits per heavy atom. The molecule has 0 fully saturated rings. The molecule has 0 saturated heterocycles. The Morgan fingerprint density at radius 2 is 1.91 bits per heavy atom. The van der Waals surface area contributed by atoms with Gasteiger partial charge in [-0.15, -0.1) is 0 Å². The number of nitrogens with one attached hydrogen (secondary N) is 1. The molecule has 0 bridgehead atoms. The van der Waals surface area contributed by atoms with E-state index in [9.17, 15) is 13.2 Å². The van der Waals surface area contributed by atoms with E-state index in [0.717, 1.165) is 36.1 Å². The normalized spacial score (nSPS) is 14.0. The summed E-state index contributed by atoms with van der Waals surface area (Å²) in [7, 11) is -3.68. The number of aromatic nitrogens is 2. The van der Waals surface area contributed by atoms with E-state index in [1.165, 1.54) is 12.1 Å². The van der Waals surface area contributed by atoms with Gasteiger partial charge in [0.2, 0.25) is 10.0 Å². The molecule has 0 atom stereocenters. The molecular formula is C15H17N3O3S2. The number of rotatable bonds is 4. The second kappa shape index (κ2) is 6.03. The number of fused-ring (bicyclic) bond motifs is 1. The highest BCUT2D eigenvalue weighted by Crippen LogP contribution is 2.21. The van der Waals surface area contributed by atoms with Crippen LogP contribution in [0.25, 0.3) is 0 Å². The Labute approximate surface area is 139 Å². The van der Waals surface area contributed by atoms with Gasteiger partial charge in [0, 0.05) is 17.8 Å². The van der Waals surface area contributed by atoms with Gasteiger partial charge >= 0.3 is 5.69 Å². The number of aromatic amines is 1. The summed E-state index contributed by atoms with van der Waals surface area (Å²) in [4.78, 5) is 15.0. The van der Waals surface area contributed by atoms with E-state index in [1.807, 2.05) is 0 Å². The smallest absolute Gasteiger partial charge is 0.298 e. The highest BCUT2D eigenvalue weighted by Gasteiger charge is 2.18. The summed E-state index contributed by atoms with van der Waals surface area (Å²) >= 11 is 5.21. The maximum atomic E-state index is 12.2. The van der Waals surface area contributed by atoms with Gasteiger partial charge in [0.05, 0.1) is 4.90 Å². The van der Waals surface area contributed by atoms with Crippen molar-refractivity contribution in [2.24, 2.45) is 5.14 Å². The van der Waals surface area contributed by atoms with Crippen molar-refractivity contribution in [1.82, 2.24) is 9.55 Å². The van der Waals surface area contributed by atoms with Crippen LogP contribution in [0.1, 0.15) is 23.2 Å². The van der Waals surface area contributed by atoms with Gasteiger partial charge in [0.1, 0.15) is 4.64 Å². The van der Waals surface area contributed by atoms with Crippen LogP contribution in [0.15, 0.2) is 34.0 Å². The number of aryl methyl sites for hydroxylation is 1. The molecule has 0 aliphatic heterocycles. The molecule has 1 heterocycles. The standard InChI is InChI=1S/C15H17N3O3S2/c16-23(20,21)11-6-4-10(5-7-11)8-9-18-13-3-1-2-12(13)14(22)17-15(18)19/h4-7H,1-3,8-9H2,(H2,16,20,21)(H,17,19,22). The number of primary sulfonamides is 1. The molecule has 0 radical (unpaired) electrons. The predicted molar refractivity (Wildman–Crippen MR) is 89.4 cm³/mol. The fraction of sp³-hybridized carbons (Fsp3) is 0.333. The Morgan fingerprint density at radius 3 is 2.57 bits per heavy atom. The quantitative estimate of drug-likeness (QED) is 0.811. The number of hydrogen-bond donors (Lipinski definition) is 2. The van der Waals surface area contributed by atoms with Crippen LogP contribution in [-0.2, 0) is 35.8 Å². The number of sulfonamides is 1. The molecule has 0 spiro atoms. The average molecular weight is 351 g/mol. The van der Waals surface area contributed by atoms with E-state index in [1.54, 1.807) is 16.7 Å². The summed E-state index contributed by atoms with van der Waals surface area (Å²) in [6.07, 6.45) is 3.42. The van der Waals surface area contributed by atoms with Crippen molar-refractivity contribution < 1.29 is 8.42 Å². The summed E-state index contributed by atoms with van der Waals surface area (Å²) in [6.45, 7) is 0.530. The van der Waals surface area contributed by atoms with Crippen LogP contribution in [-0.4, -0.2) is 18.0 Å². The minimum absolute atomic E-state index is 0.0862. The average Bonchev–Trinajstić information content (AvgIpc) is 2.96. The minimum Gasteiger partial charge on any atom is -0.298 e. The minimum atomic E-state index is -3.68. The van der Waals surface area contributed by atoms with Crippen LogP contribution in [0, 0.1) is 4.64 Å². The summed E-state index contributed by atoms with van der Waals surface area (Å²) in [6, 6.07) is 6.40. The maximum Gasteiger partial charge on any atom is 0.326 e.